The van der Waals surface area contributed by atoms with E-state index in [1.807, 2.05) is 36.1 Å². The van der Waals surface area contributed by atoms with E-state index in [4.69, 9.17) is 5.73 Å². The van der Waals surface area contributed by atoms with Gasteiger partial charge in [-0.1, -0.05) is 17.7 Å². The third-order valence-corrected chi connectivity index (χ3v) is 3.78. The van der Waals surface area contributed by atoms with Crippen LogP contribution in [0.1, 0.15) is 42.6 Å². The van der Waals surface area contributed by atoms with Crippen LogP contribution >= 0.6 is 0 Å². The van der Waals surface area contributed by atoms with E-state index < -0.39 is 0 Å². The molecule has 1 aliphatic rings. The SMILES string of the molecule is Cc1cccc(C(=O)N2CC(N)CCC2(C)C)c1. The van der Waals surface area contributed by atoms with Crippen molar-refractivity contribution >= 4 is 5.91 Å². The lowest BCUT2D eigenvalue weighted by Crippen LogP contribution is -2.56. The molecule has 0 bridgehead atoms. The first kappa shape index (κ1) is 13.1. The Hall–Kier alpha value is -1.35. The lowest BCUT2D eigenvalue weighted by atomic mass is 9.87. The summed E-state index contributed by atoms with van der Waals surface area (Å²) in [5.41, 5.74) is 7.77. The Morgan fingerprint density at radius 2 is 2.17 bits per heavy atom. The molecule has 1 amide bonds. The second-order valence-corrected chi connectivity index (χ2v) is 5.90. The van der Waals surface area contributed by atoms with Gasteiger partial charge in [0.1, 0.15) is 0 Å². The first-order valence-electron chi connectivity index (χ1n) is 6.54. The van der Waals surface area contributed by atoms with Gasteiger partial charge in [0.2, 0.25) is 0 Å². The number of piperidine rings is 1. The van der Waals surface area contributed by atoms with Crippen LogP contribution in [-0.2, 0) is 0 Å². The predicted molar refractivity (Wildman–Crippen MR) is 73.5 cm³/mol. The van der Waals surface area contributed by atoms with Crippen LogP contribution in [0, 0.1) is 6.92 Å². The average Bonchev–Trinajstić information content (AvgIpc) is 2.31. The number of benzene rings is 1. The zero-order valence-electron chi connectivity index (χ0n) is 11.4. The summed E-state index contributed by atoms with van der Waals surface area (Å²) in [4.78, 5) is 14.5. The summed E-state index contributed by atoms with van der Waals surface area (Å²) in [5.74, 6) is 0.0962. The Kier molecular flexibility index (Phi) is 3.44. The summed E-state index contributed by atoms with van der Waals surface area (Å²) in [6.07, 6.45) is 1.95. The Morgan fingerprint density at radius 1 is 1.44 bits per heavy atom. The molecule has 2 N–H and O–H groups in total. The lowest BCUT2D eigenvalue weighted by Gasteiger charge is -2.44. The lowest BCUT2D eigenvalue weighted by molar-refractivity contribution is 0.0395. The van der Waals surface area contributed by atoms with E-state index in [1.165, 1.54) is 0 Å². The molecular weight excluding hydrogens is 224 g/mol. The molecule has 3 nitrogen and oxygen atoms in total. The highest BCUT2D eigenvalue weighted by atomic mass is 16.2. The van der Waals surface area contributed by atoms with Gasteiger partial charge in [-0.3, -0.25) is 4.79 Å². The molecule has 0 spiro atoms. The van der Waals surface area contributed by atoms with Crippen LogP contribution < -0.4 is 5.73 Å². The maximum Gasteiger partial charge on any atom is 0.254 e. The van der Waals surface area contributed by atoms with Crippen molar-refractivity contribution in [1.82, 2.24) is 4.90 Å². The molecular formula is C15H22N2O. The Morgan fingerprint density at radius 3 is 2.83 bits per heavy atom. The van der Waals surface area contributed by atoms with E-state index in [0.717, 1.165) is 24.0 Å². The molecule has 1 atom stereocenters. The minimum Gasteiger partial charge on any atom is -0.332 e. The smallest absolute Gasteiger partial charge is 0.254 e. The number of hydrogen-bond acceptors (Lipinski definition) is 2. The molecule has 0 saturated carbocycles. The Bertz CT molecular complexity index is 454. The summed E-state index contributed by atoms with van der Waals surface area (Å²) in [6.45, 7) is 6.89. The number of hydrogen-bond donors (Lipinski definition) is 1. The highest BCUT2D eigenvalue weighted by Gasteiger charge is 2.36. The summed E-state index contributed by atoms with van der Waals surface area (Å²) >= 11 is 0. The maximum atomic E-state index is 12.6. The number of carbonyl (C=O) groups is 1. The maximum absolute atomic E-state index is 12.6. The largest absolute Gasteiger partial charge is 0.332 e. The van der Waals surface area contributed by atoms with Crippen molar-refractivity contribution in [2.45, 2.75) is 45.2 Å². The van der Waals surface area contributed by atoms with Gasteiger partial charge < -0.3 is 10.6 Å². The summed E-state index contributed by atoms with van der Waals surface area (Å²) < 4.78 is 0. The van der Waals surface area contributed by atoms with E-state index in [0.29, 0.717) is 6.54 Å². The van der Waals surface area contributed by atoms with E-state index in [2.05, 4.69) is 13.8 Å². The number of amides is 1. The topological polar surface area (TPSA) is 46.3 Å². The Labute approximate surface area is 109 Å². The van der Waals surface area contributed by atoms with E-state index >= 15 is 0 Å². The number of nitrogens with zero attached hydrogens (tertiary/aromatic N) is 1. The van der Waals surface area contributed by atoms with E-state index in [9.17, 15) is 4.79 Å². The summed E-state index contributed by atoms with van der Waals surface area (Å²) in [6, 6.07) is 7.86. The monoisotopic (exact) mass is 246 g/mol. The number of aryl methyl sites for hydroxylation is 1. The standard InChI is InChI=1S/C15H22N2O/c1-11-5-4-6-12(9-11)14(18)17-10-13(16)7-8-15(17,2)3/h4-6,9,13H,7-8,10,16H2,1-3H3. The first-order valence-corrected chi connectivity index (χ1v) is 6.54. The fraction of sp³-hybridized carbons (Fsp3) is 0.533. The summed E-state index contributed by atoms with van der Waals surface area (Å²) in [7, 11) is 0. The normalized spacial score (nSPS) is 22.9. The molecule has 1 fully saturated rings. The van der Waals surface area contributed by atoms with Crippen LogP contribution in [0.3, 0.4) is 0 Å². The van der Waals surface area contributed by atoms with Gasteiger partial charge in [-0.25, -0.2) is 0 Å². The molecule has 1 saturated heterocycles. The molecule has 18 heavy (non-hydrogen) atoms. The molecule has 0 radical (unpaired) electrons. The zero-order chi connectivity index (χ0) is 13.3. The van der Waals surface area contributed by atoms with E-state index in [-0.39, 0.29) is 17.5 Å². The van der Waals surface area contributed by atoms with Crippen LogP contribution in [0.25, 0.3) is 0 Å². The molecule has 1 unspecified atom stereocenters. The third-order valence-electron chi connectivity index (χ3n) is 3.78. The molecule has 1 aliphatic heterocycles. The van der Waals surface area contributed by atoms with Crippen molar-refractivity contribution in [2.75, 3.05) is 6.54 Å². The van der Waals surface area contributed by atoms with Crippen molar-refractivity contribution in [1.29, 1.82) is 0 Å². The second kappa shape index (κ2) is 4.73. The van der Waals surface area contributed by atoms with Crippen molar-refractivity contribution in [2.24, 2.45) is 5.73 Å². The minimum absolute atomic E-state index is 0.0962. The van der Waals surface area contributed by atoms with Gasteiger partial charge in [-0.15, -0.1) is 0 Å². The molecule has 1 aromatic rings. The van der Waals surface area contributed by atoms with Gasteiger partial charge in [0.05, 0.1) is 0 Å². The molecule has 1 heterocycles. The Balaban J connectivity index is 2.26. The van der Waals surface area contributed by atoms with Crippen LogP contribution in [-0.4, -0.2) is 28.9 Å². The minimum atomic E-state index is -0.100. The zero-order valence-corrected chi connectivity index (χ0v) is 11.4. The van der Waals surface area contributed by atoms with Crippen LogP contribution in [0.4, 0.5) is 0 Å². The van der Waals surface area contributed by atoms with Crippen molar-refractivity contribution < 1.29 is 4.79 Å². The molecule has 0 aliphatic carbocycles. The van der Waals surface area contributed by atoms with Gasteiger partial charge in [-0.05, 0) is 45.7 Å². The fourth-order valence-corrected chi connectivity index (χ4v) is 2.54. The van der Waals surface area contributed by atoms with Gasteiger partial charge in [0, 0.05) is 23.7 Å². The van der Waals surface area contributed by atoms with Gasteiger partial charge in [0.25, 0.3) is 5.91 Å². The number of carbonyl (C=O) groups excluding carboxylic acids is 1. The van der Waals surface area contributed by atoms with Crippen molar-refractivity contribution in [3.8, 4) is 0 Å². The quantitative estimate of drug-likeness (QED) is 0.826. The molecule has 3 heteroatoms. The van der Waals surface area contributed by atoms with Gasteiger partial charge in [0.15, 0.2) is 0 Å². The molecule has 2 rings (SSSR count). The highest BCUT2D eigenvalue weighted by Crippen LogP contribution is 2.28. The first-order chi connectivity index (χ1) is 8.40. The molecule has 0 aromatic heterocycles. The number of rotatable bonds is 1. The second-order valence-electron chi connectivity index (χ2n) is 5.90. The van der Waals surface area contributed by atoms with Crippen LogP contribution in [0.2, 0.25) is 0 Å². The molecule has 1 aromatic carbocycles. The van der Waals surface area contributed by atoms with E-state index in [1.54, 1.807) is 0 Å². The predicted octanol–water partition coefficient (Wildman–Crippen LogP) is 2.34. The van der Waals surface area contributed by atoms with Gasteiger partial charge in [-0.2, -0.15) is 0 Å². The van der Waals surface area contributed by atoms with Crippen LogP contribution in [0.15, 0.2) is 24.3 Å². The van der Waals surface area contributed by atoms with Gasteiger partial charge >= 0.3 is 0 Å². The molecule has 98 valence electrons. The van der Waals surface area contributed by atoms with Crippen LogP contribution in [0.5, 0.6) is 0 Å². The fourth-order valence-electron chi connectivity index (χ4n) is 2.54. The van der Waals surface area contributed by atoms with Crippen molar-refractivity contribution in [3.63, 3.8) is 0 Å². The van der Waals surface area contributed by atoms with Crippen molar-refractivity contribution in [3.05, 3.63) is 35.4 Å². The number of likely N-dealkylation sites (tertiary alicyclic amines) is 1. The third kappa shape index (κ3) is 2.56. The summed E-state index contributed by atoms with van der Waals surface area (Å²) in [5, 5.41) is 0. The average molecular weight is 246 g/mol. The number of nitrogens with two attached hydrogens (primary N) is 1. The highest BCUT2D eigenvalue weighted by molar-refractivity contribution is 5.95.